The Labute approximate surface area is 108 Å². The molecular formula is C12H12N2OS2. The quantitative estimate of drug-likeness (QED) is 0.731. The maximum absolute atomic E-state index is 11.8. The van der Waals surface area contributed by atoms with Crippen LogP contribution in [0.3, 0.4) is 0 Å². The summed E-state index contributed by atoms with van der Waals surface area (Å²) >= 11 is 3.15. The van der Waals surface area contributed by atoms with Gasteiger partial charge in [-0.25, -0.2) is 0 Å². The highest BCUT2D eigenvalue weighted by Crippen LogP contribution is 2.32. The van der Waals surface area contributed by atoms with Crippen LogP contribution in [0.2, 0.25) is 0 Å². The molecule has 5 heteroatoms. The Morgan fingerprint density at radius 2 is 2.18 bits per heavy atom. The van der Waals surface area contributed by atoms with Gasteiger partial charge in [-0.05, 0) is 42.1 Å². The molecule has 0 spiro atoms. The molecule has 3 rings (SSSR count). The van der Waals surface area contributed by atoms with Crippen LogP contribution in [0.25, 0.3) is 6.08 Å². The van der Waals surface area contributed by atoms with E-state index in [1.165, 1.54) is 24.6 Å². The molecular weight excluding hydrogens is 252 g/mol. The fourth-order valence-corrected chi connectivity index (χ4v) is 3.63. The van der Waals surface area contributed by atoms with E-state index < -0.39 is 0 Å². The van der Waals surface area contributed by atoms with E-state index in [4.69, 9.17) is 0 Å². The Hall–Kier alpha value is -1.07. The number of amidine groups is 1. The number of thiophene rings is 1. The Kier molecular flexibility index (Phi) is 3.03. The standard InChI is InChI=1S/C12H12N2OS2/c15-11-10(8-9-4-3-7-16-9)17-12(13-11)14-5-1-2-6-14/h3-4,7-8H,1-2,5-6H2/b10-8-. The van der Waals surface area contributed by atoms with Gasteiger partial charge in [-0.2, -0.15) is 4.99 Å². The maximum atomic E-state index is 11.8. The normalized spacial score (nSPS) is 22.6. The highest BCUT2D eigenvalue weighted by atomic mass is 32.2. The number of likely N-dealkylation sites (tertiary alicyclic amines) is 1. The van der Waals surface area contributed by atoms with Crippen molar-refractivity contribution in [1.82, 2.24) is 4.90 Å². The van der Waals surface area contributed by atoms with Gasteiger partial charge in [-0.3, -0.25) is 4.79 Å². The SMILES string of the molecule is O=C1N=C(N2CCCC2)S/C1=C\c1cccs1. The molecule has 17 heavy (non-hydrogen) atoms. The molecule has 0 aromatic carbocycles. The highest BCUT2D eigenvalue weighted by Gasteiger charge is 2.27. The second kappa shape index (κ2) is 4.66. The average Bonchev–Trinajstić information content (AvgIpc) is 3.02. The molecule has 0 unspecified atom stereocenters. The van der Waals surface area contributed by atoms with Crippen LogP contribution in [0.1, 0.15) is 17.7 Å². The van der Waals surface area contributed by atoms with E-state index in [0.29, 0.717) is 0 Å². The van der Waals surface area contributed by atoms with Crippen molar-refractivity contribution in [3.8, 4) is 0 Å². The molecule has 1 amide bonds. The summed E-state index contributed by atoms with van der Waals surface area (Å²) in [6.45, 7) is 2.07. The lowest BCUT2D eigenvalue weighted by molar-refractivity contribution is -0.113. The molecule has 0 aliphatic carbocycles. The number of aliphatic imine (C=N–C) groups is 1. The van der Waals surface area contributed by atoms with Gasteiger partial charge in [-0.1, -0.05) is 6.07 Å². The number of carbonyl (C=O) groups excluding carboxylic acids is 1. The predicted octanol–water partition coefficient (Wildman–Crippen LogP) is 2.81. The smallest absolute Gasteiger partial charge is 0.286 e. The molecule has 1 aromatic rings. The zero-order chi connectivity index (χ0) is 11.7. The second-order valence-corrected chi connectivity index (χ2v) is 6.01. The van der Waals surface area contributed by atoms with Crippen LogP contribution in [0.5, 0.6) is 0 Å². The van der Waals surface area contributed by atoms with Crippen molar-refractivity contribution >= 4 is 40.2 Å². The van der Waals surface area contributed by atoms with Gasteiger partial charge in [0.2, 0.25) is 0 Å². The van der Waals surface area contributed by atoms with E-state index in [9.17, 15) is 4.79 Å². The van der Waals surface area contributed by atoms with Gasteiger partial charge in [0.25, 0.3) is 5.91 Å². The minimum atomic E-state index is -0.0923. The van der Waals surface area contributed by atoms with Gasteiger partial charge in [-0.15, -0.1) is 11.3 Å². The fraction of sp³-hybridized carbons (Fsp3) is 0.333. The van der Waals surface area contributed by atoms with Crippen LogP contribution < -0.4 is 0 Å². The minimum absolute atomic E-state index is 0.0923. The summed E-state index contributed by atoms with van der Waals surface area (Å²) in [6, 6.07) is 4.00. The largest absolute Gasteiger partial charge is 0.351 e. The number of carbonyl (C=O) groups is 1. The topological polar surface area (TPSA) is 32.7 Å². The van der Waals surface area contributed by atoms with Crippen molar-refractivity contribution in [2.45, 2.75) is 12.8 Å². The van der Waals surface area contributed by atoms with Crippen LogP contribution >= 0.6 is 23.1 Å². The van der Waals surface area contributed by atoms with Crippen molar-refractivity contribution in [3.05, 3.63) is 27.3 Å². The molecule has 0 saturated carbocycles. The molecule has 1 saturated heterocycles. The lowest BCUT2D eigenvalue weighted by atomic mass is 10.4. The van der Waals surface area contributed by atoms with Gasteiger partial charge in [0, 0.05) is 18.0 Å². The molecule has 1 aromatic heterocycles. The van der Waals surface area contributed by atoms with E-state index in [0.717, 1.165) is 28.0 Å². The first-order valence-corrected chi connectivity index (χ1v) is 7.33. The van der Waals surface area contributed by atoms with Crippen LogP contribution in [0, 0.1) is 0 Å². The third-order valence-electron chi connectivity index (χ3n) is 2.80. The summed E-state index contributed by atoms with van der Waals surface area (Å²) in [5.74, 6) is -0.0923. The van der Waals surface area contributed by atoms with Crippen LogP contribution in [0.15, 0.2) is 27.4 Å². The predicted molar refractivity (Wildman–Crippen MR) is 73.1 cm³/mol. The number of hydrogen-bond donors (Lipinski definition) is 0. The number of hydrogen-bond acceptors (Lipinski definition) is 4. The van der Waals surface area contributed by atoms with Crippen molar-refractivity contribution in [2.75, 3.05) is 13.1 Å². The number of rotatable bonds is 1. The van der Waals surface area contributed by atoms with E-state index in [-0.39, 0.29) is 5.91 Å². The van der Waals surface area contributed by atoms with Gasteiger partial charge >= 0.3 is 0 Å². The summed E-state index contributed by atoms with van der Waals surface area (Å²) in [5, 5.41) is 2.90. The molecule has 1 fully saturated rings. The third kappa shape index (κ3) is 2.30. The van der Waals surface area contributed by atoms with Crippen LogP contribution in [0.4, 0.5) is 0 Å². The molecule has 2 aliphatic rings. The summed E-state index contributed by atoms with van der Waals surface area (Å²) in [7, 11) is 0. The molecule has 3 heterocycles. The molecule has 0 atom stereocenters. The molecule has 2 aliphatic heterocycles. The van der Waals surface area contributed by atoms with Crippen molar-refractivity contribution < 1.29 is 4.79 Å². The zero-order valence-corrected chi connectivity index (χ0v) is 10.9. The van der Waals surface area contributed by atoms with E-state index in [2.05, 4.69) is 9.89 Å². The zero-order valence-electron chi connectivity index (χ0n) is 9.26. The van der Waals surface area contributed by atoms with Gasteiger partial charge < -0.3 is 4.90 Å². The fourth-order valence-electron chi connectivity index (χ4n) is 1.94. The van der Waals surface area contributed by atoms with E-state index in [1.807, 2.05) is 23.6 Å². The first-order chi connectivity index (χ1) is 8.33. The number of thioether (sulfide) groups is 1. The Morgan fingerprint density at radius 1 is 1.35 bits per heavy atom. The second-order valence-electron chi connectivity index (χ2n) is 4.02. The highest BCUT2D eigenvalue weighted by molar-refractivity contribution is 8.18. The monoisotopic (exact) mass is 264 g/mol. The van der Waals surface area contributed by atoms with Crippen molar-refractivity contribution in [1.29, 1.82) is 0 Å². The first kappa shape index (κ1) is 11.0. The lowest BCUT2D eigenvalue weighted by Crippen LogP contribution is -2.23. The molecule has 3 nitrogen and oxygen atoms in total. The maximum Gasteiger partial charge on any atom is 0.286 e. The molecule has 0 radical (unpaired) electrons. The molecule has 88 valence electrons. The van der Waals surface area contributed by atoms with E-state index in [1.54, 1.807) is 11.3 Å². The van der Waals surface area contributed by atoms with Gasteiger partial charge in [0.05, 0.1) is 4.91 Å². The first-order valence-electron chi connectivity index (χ1n) is 5.64. The summed E-state index contributed by atoms with van der Waals surface area (Å²) in [4.78, 5) is 20.0. The van der Waals surface area contributed by atoms with Crippen molar-refractivity contribution in [3.63, 3.8) is 0 Å². The average molecular weight is 264 g/mol. The molecule has 0 N–H and O–H groups in total. The number of nitrogens with zero attached hydrogens (tertiary/aromatic N) is 2. The van der Waals surface area contributed by atoms with Crippen LogP contribution in [-0.2, 0) is 4.79 Å². The summed E-state index contributed by atoms with van der Waals surface area (Å²) in [5.41, 5.74) is 0. The van der Waals surface area contributed by atoms with Crippen molar-refractivity contribution in [2.24, 2.45) is 4.99 Å². The lowest BCUT2D eigenvalue weighted by Gasteiger charge is -2.14. The van der Waals surface area contributed by atoms with Gasteiger partial charge in [0.1, 0.15) is 0 Å². The summed E-state index contributed by atoms with van der Waals surface area (Å²) < 4.78 is 0. The molecule has 0 bridgehead atoms. The third-order valence-corrected chi connectivity index (χ3v) is 4.67. The Balaban J connectivity index is 1.77. The summed E-state index contributed by atoms with van der Waals surface area (Å²) in [6.07, 6.45) is 4.35. The minimum Gasteiger partial charge on any atom is -0.351 e. The van der Waals surface area contributed by atoms with E-state index >= 15 is 0 Å². The van der Waals surface area contributed by atoms with Gasteiger partial charge in [0.15, 0.2) is 5.17 Å². The number of amides is 1. The van der Waals surface area contributed by atoms with Crippen LogP contribution in [-0.4, -0.2) is 29.1 Å². The Morgan fingerprint density at radius 3 is 2.88 bits per heavy atom. The Bertz CT molecular complexity index is 485.